The van der Waals surface area contributed by atoms with Crippen molar-refractivity contribution in [2.45, 2.75) is 25.7 Å². The first-order valence-electron chi connectivity index (χ1n) is 8.68. The lowest BCUT2D eigenvalue weighted by Crippen LogP contribution is -2.29. The average Bonchev–Trinajstić information content (AvgIpc) is 2.66. The Morgan fingerprint density at radius 1 is 1.11 bits per heavy atom. The van der Waals surface area contributed by atoms with Crippen LogP contribution in [0.4, 0.5) is 18.9 Å². The lowest BCUT2D eigenvalue weighted by atomic mass is 10.2. The summed E-state index contributed by atoms with van der Waals surface area (Å²) in [6.45, 7) is 2.39. The van der Waals surface area contributed by atoms with E-state index in [1.807, 2.05) is 18.2 Å². The summed E-state index contributed by atoms with van der Waals surface area (Å²) in [4.78, 5) is 11.1. The summed E-state index contributed by atoms with van der Waals surface area (Å²) in [5.41, 5.74) is 0.699. The van der Waals surface area contributed by atoms with Crippen molar-refractivity contribution in [3.63, 3.8) is 0 Å². The van der Waals surface area contributed by atoms with E-state index in [4.69, 9.17) is 9.47 Å². The maximum absolute atomic E-state index is 12.6. The fraction of sp³-hybridized carbons (Fsp3) is 0.350. The SMILES string of the molecule is COC(CNc1ccc(C(F)(F)F)cc1)COc1ccccc1CNC(C)=O. The number of carbonyl (C=O) groups is 1. The van der Waals surface area contributed by atoms with Crippen LogP contribution >= 0.6 is 0 Å². The molecule has 0 aliphatic carbocycles. The second kappa shape index (κ2) is 9.98. The van der Waals surface area contributed by atoms with E-state index >= 15 is 0 Å². The summed E-state index contributed by atoms with van der Waals surface area (Å²) >= 11 is 0. The highest BCUT2D eigenvalue weighted by molar-refractivity contribution is 5.72. The Hall–Kier alpha value is -2.74. The van der Waals surface area contributed by atoms with Crippen LogP contribution in [0.3, 0.4) is 0 Å². The van der Waals surface area contributed by atoms with Crippen LogP contribution in [0, 0.1) is 0 Å². The number of para-hydroxylation sites is 1. The van der Waals surface area contributed by atoms with Gasteiger partial charge in [0.05, 0.1) is 5.56 Å². The largest absolute Gasteiger partial charge is 0.490 e. The van der Waals surface area contributed by atoms with E-state index in [1.165, 1.54) is 26.2 Å². The maximum atomic E-state index is 12.6. The van der Waals surface area contributed by atoms with Gasteiger partial charge in [0, 0.05) is 38.4 Å². The van der Waals surface area contributed by atoms with Gasteiger partial charge in [0.15, 0.2) is 0 Å². The highest BCUT2D eigenvalue weighted by Crippen LogP contribution is 2.29. The molecule has 2 aromatic carbocycles. The zero-order valence-corrected chi connectivity index (χ0v) is 15.7. The molecular weight excluding hydrogens is 373 g/mol. The van der Waals surface area contributed by atoms with Crippen molar-refractivity contribution in [3.05, 3.63) is 59.7 Å². The monoisotopic (exact) mass is 396 g/mol. The number of carbonyl (C=O) groups excluding carboxylic acids is 1. The zero-order chi connectivity index (χ0) is 20.6. The smallest absolute Gasteiger partial charge is 0.416 e. The van der Waals surface area contributed by atoms with Gasteiger partial charge in [-0.3, -0.25) is 4.79 Å². The van der Waals surface area contributed by atoms with Gasteiger partial charge in [-0.05, 0) is 30.3 Å². The second-order valence-corrected chi connectivity index (χ2v) is 6.14. The number of benzene rings is 2. The molecule has 28 heavy (non-hydrogen) atoms. The maximum Gasteiger partial charge on any atom is 0.416 e. The van der Waals surface area contributed by atoms with Crippen LogP contribution in [0.25, 0.3) is 0 Å². The lowest BCUT2D eigenvalue weighted by molar-refractivity contribution is -0.137. The molecule has 0 bridgehead atoms. The number of nitrogens with one attached hydrogen (secondary N) is 2. The van der Waals surface area contributed by atoms with Crippen LogP contribution in [0.1, 0.15) is 18.1 Å². The Balaban J connectivity index is 1.89. The zero-order valence-electron chi connectivity index (χ0n) is 15.7. The molecule has 0 heterocycles. The Bertz CT molecular complexity index is 764. The number of ether oxygens (including phenoxy) is 2. The van der Waals surface area contributed by atoms with Crippen molar-refractivity contribution in [2.75, 3.05) is 25.6 Å². The molecule has 1 unspecified atom stereocenters. The van der Waals surface area contributed by atoms with Crippen molar-refractivity contribution in [2.24, 2.45) is 0 Å². The molecule has 0 saturated carbocycles. The van der Waals surface area contributed by atoms with Crippen LogP contribution in [0.2, 0.25) is 0 Å². The molecule has 2 aromatic rings. The highest BCUT2D eigenvalue weighted by atomic mass is 19.4. The molecule has 0 fully saturated rings. The standard InChI is InChI=1S/C20H23F3N2O3/c1-14(26)24-11-15-5-3-4-6-19(15)28-13-18(27-2)12-25-17-9-7-16(8-10-17)20(21,22)23/h3-10,18,25H,11-13H2,1-2H3,(H,24,26). The normalized spacial score (nSPS) is 12.3. The average molecular weight is 396 g/mol. The quantitative estimate of drug-likeness (QED) is 0.676. The van der Waals surface area contributed by atoms with Gasteiger partial charge >= 0.3 is 6.18 Å². The molecule has 152 valence electrons. The highest BCUT2D eigenvalue weighted by Gasteiger charge is 2.29. The Morgan fingerprint density at radius 2 is 1.79 bits per heavy atom. The van der Waals surface area contributed by atoms with E-state index < -0.39 is 11.7 Å². The molecule has 1 atom stereocenters. The van der Waals surface area contributed by atoms with Crippen LogP contribution in [0.5, 0.6) is 5.75 Å². The summed E-state index contributed by atoms with van der Waals surface area (Å²) in [6.07, 6.45) is -4.68. The van der Waals surface area contributed by atoms with Crippen molar-refractivity contribution < 1.29 is 27.4 Å². The van der Waals surface area contributed by atoms with Gasteiger partial charge in [0.25, 0.3) is 0 Å². The molecule has 5 nitrogen and oxygen atoms in total. The lowest BCUT2D eigenvalue weighted by Gasteiger charge is -2.19. The number of amides is 1. The van der Waals surface area contributed by atoms with Crippen LogP contribution < -0.4 is 15.4 Å². The first kappa shape index (κ1) is 21.6. The van der Waals surface area contributed by atoms with Crippen LogP contribution in [-0.4, -0.2) is 32.3 Å². The second-order valence-electron chi connectivity index (χ2n) is 6.14. The van der Waals surface area contributed by atoms with E-state index in [0.29, 0.717) is 24.5 Å². The number of anilines is 1. The minimum Gasteiger partial charge on any atom is -0.490 e. The third-order valence-corrected chi connectivity index (χ3v) is 4.00. The van der Waals surface area contributed by atoms with E-state index in [1.54, 1.807) is 6.07 Å². The number of hydrogen-bond acceptors (Lipinski definition) is 4. The first-order valence-corrected chi connectivity index (χ1v) is 8.68. The minimum absolute atomic E-state index is 0.134. The van der Waals surface area contributed by atoms with Crippen LogP contribution in [0.15, 0.2) is 48.5 Å². The number of methoxy groups -OCH3 is 1. The van der Waals surface area contributed by atoms with E-state index in [2.05, 4.69) is 10.6 Å². The van der Waals surface area contributed by atoms with Gasteiger partial charge in [0.2, 0.25) is 5.91 Å². The molecule has 2 N–H and O–H groups in total. The summed E-state index contributed by atoms with van der Waals surface area (Å²) in [6, 6.07) is 12.1. The van der Waals surface area contributed by atoms with E-state index in [9.17, 15) is 18.0 Å². The molecule has 8 heteroatoms. The van der Waals surface area contributed by atoms with Gasteiger partial charge in [-0.2, -0.15) is 13.2 Å². The predicted octanol–water partition coefficient (Wildman–Crippen LogP) is 3.85. The van der Waals surface area contributed by atoms with Gasteiger partial charge in [-0.1, -0.05) is 18.2 Å². The first-order chi connectivity index (χ1) is 13.3. The van der Waals surface area contributed by atoms with Gasteiger partial charge in [-0.25, -0.2) is 0 Å². The van der Waals surface area contributed by atoms with Crippen molar-refractivity contribution in [1.29, 1.82) is 0 Å². The summed E-state index contributed by atoms with van der Waals surface area (Å²) in [5.74, 6) is 0.498. The van der Waals surface area contributed by atoms with E-state index in [0.717, 1.165) is 17.7 Å². The van der Waals surface area contributed by atoms with E-state index in [-0.39, 0.29) is 18.6 Å². The predicted molar refractivity (Wildman–Crippen MR) is 100 cm³/mol. The number of halogens is 3. The topological polar surface area (TPSA) is 59.6 Å². The Morgan fingerprint density at radius 3 is 2.39 bits per heavy atom. The molecule has 2 rings (SSSR count). The fourth-order valence-corrected chi connectivity index (χ4v) is 2.41. The summed E-state index contributed by atoms with van der Waals surface area (Å²) in [7, 11) is 1.53. The van der Waals surface area contributed by atoms with Gasteiger partial charge in [0.1, 0.15) is 18.5 Å². The number of rotatable bonds is 9. The molecule has 0 radical (unpaired) electrons. The summed E-state index contributed by atoms with van der Waals surface area (Å²) in [5, 5.41) is 5.76. The third kappa shape index (κ3) is 6.77. The molecule has 0 saturated heterocycles. The van der Waals surface area contributed by atoms with Crippen LogP contribution in [-0.2, 0) is 22.3 Å². The van der Waals surface area contributed by atoms with Crippen molar-refractivity contribution >= 4 is 11.6 Å². The van der Waals surface area contributed by atoms with Gasteiger partial charge < -0.3 is 20.1 Å². The fourth-order valence-electron chi connectivity index (χ4n) is 2.41. The molecule has 0 spiro atoms. The number of hydrogen-bond donors (Lipinski definition) is 2. The molecule has 1 amide bonds. The Kier molecular flexibility index (Phi) is 7.69. The van der Waals surface area contributed by atoms with Gasteiger partial charge in [-0.15, -0.1) is 0 Å². The molecular formula is C20H23F3N2O3. The summed E-state index contributed by atoms with van der Waals surface area (Å²) < 4.78 is 49.0. The minimum atomic E-state index is -4.36. The molecule has 0 aliphatic rings. The molecule has 0 aliphatic heterocycles. The number of alkyl halides is 3. The molecule has 0 aromatic heterocycles. The van der Waals surface area contributed by atoms with Crippen molar-refractivity contribution in [1.82, 2.24) is 5.32 Å². The third-order valence-electron chi connectivity index (χ3n) is 4.00. The Labute approximate surface area is 161 Å². The van der Waals surface area contributed by atoms with Crippen molar-refractivity contribution in [3.8, 4) is 5.75 Å².